The van der Waals surface area contributed by atoms with E-state index in [1.807, 2.05) is 42.5 Å². The van der Waals surface area contributed by atoms with Crippen molar-refractivity contribution in [1.82, 2.24) is 5.32 Å². The summed E-state index contributed by atoms with van der Waals surface area (Å²) in [5, 5.41) is 5.21. The van der Waals surface area contributed by atoms with Gasteiger partial charge in [0.05, 0.1) is 12.1 Å². The van der Waals surface area contributed by atoms with Crippen LogP contribution in [0.5, 0.6) is 0 Å². The maximum absolute atomic E-state index is 12.7. The smallest absolute Gasteiger partial charge is 0.252 e. The Bertz CT molecular complexity index is 702. The van der Waals surface area contributed by atoms with Gasteiger partial charge in [-0.25, -0.2) is 0 Å². The van der Waals surface area contributed by atoms with Crippen molar-refractivity contribution in [2.75, 3.05) is 7.11 Å². The van der Waals surface area contributed by atoms with Crippen LogP contribution in [-0.4, -0.2) is 25.2 Å². The maximum atomic E-state index is 12.7. The first-order valence-corrected chi connectivity index (χ1v) is 7.67. The lowest BCUT2D eigenvalue weighted by molar-refractivity contribution is 0.0508. The number of fused-ring (bicyclic) bond motifs is 1. The van der Waals surface area contributed by atoms with Gasteiger partial charge < -0.3 is 10.1 Å². The Morgan fingerprint density at radius 1 is 1.23 bits per heavy atom. The van der Waals surface area contributed by atoms with E-state index in [0.717, 1.165) is 35.6 Å². The van der Waals surface area contributed by atoms with E-state index >= 15 is 0 Å². The molecule has 2 aromatic carbocycles. The van der Waals surface area contributed by atoms with Crippen LogP contribution in [0.15, 0.2) is 54.6 Å². The lowest BCUT2D eigenvalue weighted by Gasteiger charge is -2.32. The number of amides is 1. The van der Waals surface area contributed by atoms with Gasteiger partial charge in [-0.3, -0.25) is 4.79 Å². The Hall–Kier alpha value is -2.13. The number of carbonyl (C=O) groups excluding carboxylic acids is 1. The number of nitrogens with one attached hydrogen (secondary N) is 1. The highest BCUT2D eigenvalue weighted by Crippen LogP contribution is 2.25. The molecule has 0 bridgehead atoms. The molecule has 0 radical (unpaired) electrons. The summed E-state index contributed by atoms with van der Waals surface area (Å²) in [5.41, 5.74) is 1.92. The van der Waals surface area contributed by atoms with Gasteiger partial charge in [0.2, 0.25) is 0 Å². The van der Waals surface area contributed by atoms with Crippen molar-refractivity contribution in [3.05, 3.63) is 60.2 Å². The molecule has 1 aliphatic rings. The van der Waals surface area contributed by atoms with E-state index in [1.54, 1.807) is 7.11 Å². The maximum Gasteiger partial charge on any atom is 0.252 e. The quantitative estimate of drug-likeness (QED) is 0.877. The van der Waals surface area contributed by atoms with E-state index in [4.69, 9.17) is 4.74 Å². The van der Waals surface area contributed by atoms with Crippen molar-refractivity contribution in [3.63, 3.8) is 0 Å². The largest absolute Gasteiger partial charge is 0.379 e. The van der Waals surface area contributed by atoms with Gasteiger partial charge in [-0.15, -0.1) is 0 Å². The SMILES string of the molecule is C=C1CCC(NC(=O)c2cccc3ccccc23)C(OC)C1. The standard InChI is InChI=1S/C19H21NO2/c1-13-10-11-17(18(12-13)22-2)20-19(21)16-9-5-7-14-6-3-4-8-15(14)16/h3-9,17-18H,1,10-12H2,2H3,(H,20,21). The van der Waals surface area contributed by atoms with Crippen LogP contribution in [0.3, 0.4) is 0 Å². The van der Waals surface area contributed by atoms with E-state index in [2.05, 4.69) is 11.9 Å². The number of methoxy groups -OCH3 is 1. The van der Waals surface area contributed by atoms with Crippen molar-refractivity contribution < 1.29 is 9.53 Å². The second kappa shape index (κ2) is 6.32. The molecule has 22 heavy (non-hydrogen) atoms. The number of rotatable bonds is 3. The molecule has 0 aliphatic heterocycles. The van der Waals surface area contributed by atoms with Crippen LogP contribution in [-0.2, 0) is 4.74 Å². The van der Waals surface area contributed by atoms with Crippen LogP contribution in [0.25, 0.3) is 10.8 Å². The van der Waals surface area contributed by atoms with E-state index in [9.17, 15) is 4.79 Å². The first-order chi connectivity index (χ1) is 10.7. The topological polar surface area (TPSA) is 38.3 Å². The van der Waals surface area contributed by atoms with Gasteiger partial charge in [0, 0.05) is 12.7 Å². The summed E-state index contributed by atoms with van der Waals surface area (Å²) in [6.07, 6.45) is 2.66. The molecule has 1 N–H and O–H groups in total. The molecule has 3 heteroatoms. The molecule has 1 aliphatic carbocycles. The third kappa shape index (κ3) is 2.90. The molecule has 0 heterocycles. The number of benzene rings is 2. The molecule has 1 saturated carbocycles. The van der Waals surface area contributed by atoms with E-state index in [1.165, 1.54) is 5.57 Å². The molecule has 2 aromatic rings. The van der Waals surface area contributed by atoms with E-state index in [-0.39, 0.29) is 18.1 Å². The molecular formula is C19H21NO2. The molecule has 0 saturated heterocycles. The monoisotopic (exact) mass is 295 g/mol. The highest BCUT2D eigenvalue weighted by atomic mass is 16.5. The number of carbonyl (C=O) groups is 1. The lowest BCUT2D eigenvalue weighted by Crippen LogP contribution is -2.46. The summed E-state index contributed by atoms with van der Waals surface area (Å²) in [6.45, 7) is 4.03. The van der Waals surface area contributed by atoms with Crippen molar-refractivity contribution in [3.8, 4) is 0 Å². The molecule has 3 nitrogen and oxygen atoms in total. The van der Waals surface area contributed by atoms with Crippen molar-refractivity contribution in [2.24, 2.45) is 0 Å². The predicted molar refractivity (Wildman–Crippen MR) is 89.0 cm³/mol. The van der Waals surface area contributed by atoms with Gasteiger partial charge in [0.15, 0.2) is 0 Å². The van der Waals surface area contributed by atoms with Crippen LogP contribution in [0.1, 0.15) is 29.6 Å². The van der Waals surface area contributed by atoms with Crippen LogP contribution in [0.4, 0.5) is 0 Å². The normalized spacial score (nSPS) is 21.8. The lowest BCUT2D eigenvalue weighted by atomic mass is 9.89. The van der Waals surface area contributed by atoms with Gasteiger partial charge in [-0.2, -0.15) is 0 Å². The zero-order chi connectivity index (χ0) is 15.5. The van der Waals surface area contributed by atoms with Crippen LogP contribution < -0.4 is 5.32 Å². The Balaban J connectivity index is 1.83. The highest BCUT2D eigenvalue weighted by Gasteiger charge is 2.28. The van der Waals surface area contributed by atoms with Crippen LogP contribution in [0, 0.1) is 0 Å². The Labute approximate surface area is 131 Å². The zero-order valence-corrected chi connectivity index (χ0v) is 12.8. The van der Waals surface area contributed by atoms with Crippen molar-refractivity contribution >= 4 is 16.7 Å². The highest BCUT2D eigenvalue weighted by molar-refractivity contribution is 6.07. The zero-order valence-electron chi connectivity index (χ0n) is 12.8. The molecule has 2 unspecified atom stereocenters. The van der Waals surface area contributed by atoms with Gasteiger partial charge in [0.1, 0.15) is 0 Å². The molecule has 1 amide bonds. The molecule has 114 valence electrons. The van der Waals surface area contributed by atoms with Crippen LogP contribution >= 0.6 is 0 Å². The summed E-state index contributed by atoms with van der Waals surface area (Å²) in [4.78, 5) is 12.7. The average molecular weight is 295 g/mol. The third-order valence-corrected chi connectivity index (χ3v) is 4.40. The Morgan fingerprint density at radius 2 is 2.00 bits per heavy atom. The Kier molecular flexibility index (Phi) is 4.25. The summed E-state index contributed by atoms with van der Waals surface area (Å²) < 4.78 is 5.52. The fourth-order valence-electron chi connectivity index (χ4n) is 3.16. The summed E-state index contributed by atoms with van der Waals surface area (Å²) >= 11 is 0. The molecule has 2 atom stereocenters. The Morgan fingerprint density at radius 3 is 2.82 bits per heavy atom. The third-order valence-electron chi connectivity index (χ3n) is 4.40. The number of hydrogen-bond acceptors (Lipinski definition) is 2. The minimum absolute atomic E-state index is 0.0141. The van der Waals surface area contributed by atoms with Crippen molar-refractivity contribution in [1.29, 1.82) is 0 Å². The predicted octanol–water partition coefficient (Wildman–Crippen LogP) is 3.69. The fourth-order valence-corrected chi connectivity index (χ4v) is 3.16. The van der Waals surface area contributed by atoms with E-state index in [0.29, 0.717) is 0 Å². The molecule has 0 aromatic heterocycles. The van der Waals surface area contributed by atoms with Crippen LogP contribution in [0.2, 0.25) is 0 Å². The summed E-state index contributed by atoms with van der Waals surface area (Å²) in [6, 6.07) is 13.8. The molecule has 3 rings (SSSR count). The van der Waals surface area contributed by atoms with Gasteiger partial charge in [-0.1, -0.05) is 48.6 Å². The first kappa shape index (κ1) is 14.8. The first-order valence-electron chi connectivity index (χ1n) is 7.67. The number of ether oxygens (including phenoxy) is 1. The molecule has 1 fully saturated rings. The molecule has 0 spiro atoms. The summed E-state index contributed by atoms with van der Waals surface area (Å²) in [5.74, 6) is -0.0311. The minimum atomic E-state index is -0.0311. The second-order valence-electron chi connectivity index (χ2n) is 5.87. The fraction of sp³-hybridized carbons (Fsp3) is 0.316. The van der Waals surface area contributed by atoms with Gasteiger partial charge >= 0.3 is 0 Å². The number of hydrogen-bond donors (Lipinski definition) is 1. The average Bonchev–Trinajstić information content (AvgIpc) is 2.55. The summed E-state index contributed by atoms with van der Waals surface area (Å²) in [7, 11) is 1.69. The van der Waals surface area contributed by atoms with Crippen molar-refractivity contribution in [2.45, 2.75) is 31.4 Å². The van der Waals surface area contributed by atoms with Gasteiger partial charge in [0.25, 0.3) is 5.91 Å². The van der Waals surface area contributed by atoms with E-state index < -0.39 is 0 Å². The van der Waals surface area contributed by atoms with Gasteiger partial charge in [-0.05, 0) is 36.1 Å². The minimum Gasteiger partial charge on any atom is -0.379 e. The molecular weight excluding hydrogens is 274 g/mol. The second-order valence-corrected chi connectivity index (χ2v) is 5.87.